The van der Waals surface area contributed by atoms with E-state index in [-0.39, 0.29) is 25.3 Å². The first-order chi connectivity index (χ1) is 18.2. The minimum absolute atomic E-state index is 0.0462. The number of hydrogen-bond acceptors (Lipinski definition) is 8. The molecule has 17 nitrogen and oxygen atoms in total. The van der Waals surface area contributed by atoms with Crippen LogP contribution in [-0.2, 0) is 33.6 Å². The SMILES string of the molecule is CC(C)[C@@H]1NC(=O)[C@@H]2[C@H](NC(=O)C(CC(=O)O)NC(=O)CNC(=O)[C@H](CCCN=C(N)N)NC1=O)[C@H]2C(=O)O. The number of nitrogens with two attached hydrogens (primary N) is 2. The standard InChI is InChI=1S/C22H34N8O9/c1-8(2)15-20(37)28-9(4-3-5-25-22(23)24)17(34)26-7-11(31)27-10(6-12(32)33)18(35)30-16-13(19(36)29-15)14(16)21(38)39/h8-10,13-16H,3-7H2,1-2H3,(H,26,34)(H,27,31)(H,28,37)(H,29,36)(H,30,35)(H,32,33)(H,38,39)(H4,23,24,25)/t9-,10?,13-,14-,15-,16-/m0/s1. The summed E-state index contributed by atoms with van der Waals surface area (Å²) in [6.07, 6.45) is -0.539. The van der Waals surface area contributed by atoms with Crippen molar-refractivity contribution in [3.05, 3.63) is 0 Å². The molecule has 1 saturated heterocycles. The van der Waals surface area contributed by atoms with Crippen molar-refractivity contribution in [3.63, 3.8) is 0 Å². The maximum absolute atomic E-state index is 13.1. The van der Waals surface area contributed by atoms with Gasteiger partial charge in [-0.2, -0.15) is 0 Å². The molecular weight excluding hydrogens is 520 g/mol. The Labute approximate surface area is 222 Å². The van der Waals surface area contributed by atoms with E-state index in [9.17, 15) is 38.7 Å². The van der Waals surface area contributed by atoms with Crippen molar-refractivity contribution in [1.29, 1.82) is 0 Å². The van der Waals surface area contributed by atoms with Crippen molar-refractivity contribution >= 4 is 47.4 Å². The number of aliphatic imine (C=N–C) groups is 1. The summed E-state index contributed by atoms with van der Waals surface area (Å²) in [4.78, 5) is 90.9. The van der Waals surface area contributed by atoms with Crippen molar-refractivity contribution in [1.82, 2.24) is 26.6 Å². The van der Waals surface area contributed by atoms with Gasteiger partial charge >= 0.3 is 11.9 Å². The molecule has 1 aliphatic carbocycles. The normalized spacial score (nSPS) is 28.1. The Morgan fingerprint density at radius 2 is 1.59 bits per heavy atom. The van der Waals surface area contributed by atoms with Crippen LogP contribution in [0.25, 0.3) is 0 Å². The van der Waals surface area contributed by atoms with E-state index in [1.165, 1.54) is 0 Å². The molecule has 39 heavy (non-hydrogen) atoms. The molecule has 1 heterocycles. The van der Waals surface area contributed by atoms with Crippen LogP contribution in [0.3, 0.4) is 0 Å². The summed E-state index contributed by atoms with van der Waals surface area (Å²) >= 11 is 0. The van der Waals surface area contributed by atoms with Gasteiger partial charge in [-0.3, -0.25) is 38.6 Å². The lowest BCUT2D eigenvalue weighted by atomic mass is 10.0. The number of hydrogen-bond donors (Lipinski definition) is 9. The molecule has 0 aromatic carbocycles. The maximum atomic E-state index is 13.1. The maximum Gasteiger partial charge on any atom is 0.309 e. The molecular formula is C22H34N8O9. The van der Waals surface area contributed by atoms with Crippen molar-refractivity contribution in [2.24, 2.45) is 34.2 Å². The molecule has 11 N–H and O–H groups in total. The largest absolute Gasteiger partial charge is 0.481 e. The minimum Gasteiger partial charge on any atom is -0.481 e. The molecule has 216 valence electrons. The molecule has 6 atom stereocenters. The van der Waals surface area contributed by atoms with E-state index in [0.29, 0.717) is 0 Å². The third-order valence-electron chi connectivity index (χ3n) is 6.20. The summed E-state index contributed by atoms with van der Waals surface area (Å²) in [5.74, 6) is -10.3. The Hall–Kier alpha value is -4.44. The highest BCUT2D eigenvalue weighted by Crippen LogP contribution is 2.40. The fourth-order valence-electron chi connectivity index (χ4n) is 4.13. The molecule has 17 heteroatoms. The topological polar surface area (TPSA) is 285 Å². The Morgan fingerprint density at radius 1 is 0.923 bits per heavy atom. The fourth-order valence-corrected chi connectivity index (χ4v) is 4.13. The van der Waals surface area contributed by atoms with Gasteiger partial charge in [-0.15, -0.1) is 0 Å². The Balaban J connectivity index is 2.36. The summed E-state index contributed by atoms with van der Waals surface area (Å²) < 4.78 is 0. The molecule has 5 amide bonds. The first-order valence-electron chi connectivity index (χ1n) is 12.2. The fraction of sp³-hybridized carbons (Fsp3) is 0.636. The Kier molecular flexibility index (Phi) is 10.6. The van der Waals surface area contributed by atoms with E-state index >= 15 is 0 Å². The zero-order valence-corrected chi connectivity index (χ0v) is 21.4. The number of nitrogens with one attached hydrogen (secondary N) is 5. The van der Waals surface area contributed by atoms with Gasteiger partial charge in [0.2, 0.25) is 29.5 Å². The Morgan fingerprint density at radius 3 is 2.15 bits per heavy atom. The first-order valence-corrected chi connectivity index (χ1v) is 12.2. The number of amides is 5. The third kappa shape index (κ3) is 8.82. The molecule has 0 aromatic rings. The van der Waals surface area contributed by atoms with E-state index in [2.05, 4.69) is 31.6 Å². The lowest BCUT2D eigenvalue weighted by Gasteiger charge is -2.26. The minimum atomic E-state index is -1.61. The van der Waals surface area contributed by atoms with Gasteiger partial charge in [0.25, 0.3) is 0 Å². The lowest BCUT2D eigenvalue weighted by Crippen LogP contribution is -2.57. The average Bonchev–Trinajstić information content (AvgIpc) is 3.55. The third-order valence-corrected chi connectivity index (χ3v) is 6.20. The molecule has 0 spiro atoms. The van der Waals surface area contributed by atoms with Crippen LogP contribution >= 0.6 is 0 Å². The summed E-state index contributed by atoms with van der Waals surface area (Å²) in [6, 6.07) is -5.16. The van der Waals surface area contributed by atoms with Gasteiger partial charge < -0.3 is 48.3 Å². The van der Waals surface area contributed by atoms with E-state index in [0.717, 1.165) is 0 Å². The van der Waals surface area contributed by atoms with Gasteiger partial charge in [0.15, 0.2) is 5.96 Å². The molecule has 2 aliphatic rings. The van der Waals surface area contributed by atoms with Gasteiger partial charge in [0, 0.05) is 6.54 Å². The van der Waals surface area contributed by atoms with E-state index < -0.39 is 96.4 Å². The van der Waals surface area contributed by atoms with Crippen LogP contribution in [-0.4, -0.2) is 94.9 Å². The van der Waals surface area contributed by atoms with Crippen LogP contribution in [0.4, 0.5) is 0 Å². The number of carbonyl (C=O) groups excluding carboxylic acids is 5. The highest BCUT2D eigenvalue weighted by atomic mass is 16.4. The number of carboxylic acids is 2. The molecule has 1 unspecified atom stereocenters. The predicted molar refractivity (Wildman–Crippen MR) is 132 cm³/mol. The molecule has 1 aliphatic heterocycles. The monoisotopic (exact) mass is 554 g/mol. The van der Waals surface area contributed by atoms with Gasteiger partial charge in [0.1, 0.15) is 18.1 Å². The van der Waals surface area contributed by atoms with Crippen LogP contribution in [0.15, 0.2) is 4.99 Å². The van der Waals surface area contributed by atoms with Gasteiger partial charge in [-0.05, 0) is 18.8 Å². The molecule has 2 rings (SSSR count). The summed E-state index contributed by atoms with van der Waals surface area (Å²) in [7, 11) is 0. The van der Waals surface area contributed by atoms with E-state index in [1.807, 2.05) is 0 Å². The van der Waals surface area contributed by atoms with E-state index in [4.69, 9.17) is 16.6 Å². The average molecular weight is 555 g/mol. The second-order valence-electron chi connectivity index (χ2n) is 9.60. The van der Waals surface area contributed by atoms with Crippen LogP contribution in [0, 0.1) is 17.8 Å². The number of rotatable bonds is 8. The smallest absolute Gasteiger partial charge is 0.309 e. The zero-order chi connectivity index (χ0) is 29.4. The number of guanidine groups is 1. The van der Waals surface area contributed by atoms with Crippen LogP contribution in [0.2, 0.25) is 0 Å². The van der Waals surface area contributed by atoms with Gasteiger partial charge in [-0.25, -0.2) is 0 Å². The number of aliphatic carboxylic acids is 2. The van der Waals surface area contributed by atoms with Gasteiger partial charge in [-0.1, -0.05) is 13.8 Å². The second kappa shape index (κ2) is 13.4. The lowest BCUT2D eigenvalue weighted by molar-refractivity contribution is -0.141. The summed E-state index contributed by atoms with van der Waals surface area (Å²) in [6.45, 7) is 2.73. The van der Waals surface area contributed by atoms with Crippen LogP contribution in [0.5, 0.6) is 0 Å². The zero-order valence-electron chi connectivity index (χ0n) is 21.4. The first kappa shape index (κ1) is 30.8. The van der Waals surface area contributed by atoms with Crippen molar-refractivity contribution in [2.45, 2.75) is 57.3 Å². The predicted octanol–water partition coefficient (Wildman–Crippen LogP) is -4.43. The molecule has 0 radical (unpaired) electrons. The van der Waals surface area contributed by atoms with Gasteiger partial charge in [0.05, 0.1) is 30.8 Å². The van der Waals surface area contributed by atoms with Crippen LogP contribution in [0.1, 0.15) is 33.1 Å². The number of fused-ring (bicyclic) bond motifs is 1. The Bertz CT molecular complexity index is 1040. The number of carboxylic acid groups (broad SMARTS) is 2. The van der Waals surface area contributed by atoms with Crippen molar-refractivity contribution in [2.75, 3.05) is 13.1 Å². The summed E-state index contributed by atoms with van der Waals surface area (Å²) in [5, 5.41) is 30.5. The summed E-state index contributed by atoms with van der Waals surface area (Å²) in [5.41, 5.74) is 10.6. The van der Waals surface area contributed by atoms with Crippen molar-refractivity contribution in [3.8, 4) is 0 Å². The molecule has 0 aromatic heterocycles. The number of nitrogens with zero attached hydrogens (tertiary/aromatic N) is 1. The highest BCUT2D eigenvalue weighted by Gasteiger charge is 2.61. The molecule has 0 bridgehead atoms. The molecule has 2 fully saturated rings. The highest BCUT2D eigenvalue weighted by molar-refractivity contribution is 5.99. The number of carbonyl (C=O) groups is 7. The van der Waals surface area contributed by atoms with E-state index in [1.54, 1.807) is 13.8 Å². The van der Waals surface area contributed by atoms with Crippen LogP contribution < -0.4 is 38.1 Å². The van der Waals surface area contributed by atoms with Crippen molar-refractivity contribution < 1.29 is 43.8 Å². The molecule has 1 saturated carbocycles. The second-order valence-corrected chi connectivity index (χ2v) is 9.60. The quantitative estimate of drug-likeness (QED) is 0.0783.